The molecule has 0 amide bonds. The van der Waals surface area contributed by atoms with E-state index in [0.29, 0.717) is 26.2 Å². The van der Waals surface area contributed by atoms with Gasteiger partial charge in [0, 0.05) is 52.8 Å². The van der Waals surface area contributed by atoms with Crippen LogP contribution in [0, 0.1) is 6.92 Å². The molecule has 0 aromatic heterocycles. The van der Waals surface area contributed by atoms with Crippen molar-refractivity contribution in [2.75, 3.05) is 29.9 Å². The molecule has 306 valence electrons. The van der Waals surface area contributed by atoms with E-state index in [-0.39, 0.29) is 4.90 Å². The smallest absolute Gasteiger partial charge is 0.294 e. The van der Waals surface area contributed by atoms with Crippen molar-refractivity contribution >= 4 is 50.5 Å². The Balaban J connectivity index is 1.36. The topological polar surface area (TPSA) is 121 Å². The number of ether oxygens (including phenoxy) is 1. The van der Waals surface area contributed by atoms with Gasteiger partial charge in [0.15, 0.2) is 12.3 Å². The maximum Gasteiger partial charge on any atom is 0.294 e. The molecule has 0 unspecified atom stereocenters. The molecule has 1 aliphatic rings. The molecule has 10 nitrogen and oxygen atoms in total. The fourth-order valence-corrected chi connectivity index (χ4v) is 8.15. The summed E-state index contributed by atoms with van der Waals surface area (Å²) in [6.45, 7) is 13.7. The average molecular weight is 833 g/mol. The van der Waals surface area contributed by atoms with E-state index in [2.05, 4.69) is 119 Å². The van der Waals surface area contributed by atoms with Crippen molar-refractivity contribution in [2.45, 2.75) is 57.5 Å². The molecular weight excluding hydrogens is 783 g/mol. The molecule has 0 fully saturated rings. The first-order valence-corrected chi connectivity index (χ1v) is 21.7. The van der Waals surface area contributed by atoms with Crippen molar-refractivity contribution < 1.29 is 36.9 Å². The second-order valence-corrected chi connectivity index (χ2v) is 16.3. The number of allylic oxidation sites excluding steroid dienone is 5. The molecule has 0 heterocycles. The summed E-state index contributed by atoms with van der Waals surface area (Å²) < 4.78 is 45.8. The highest BCUT2D eigenvalue weighted by molar-refractivity contribution is 7.94. The van der Waals surface area contributed by atoms with Crippen molar-refractivity contribution in [1.82, 2.24) is 0 Å². The first-order chi connectivity index (χ1) is 28.5. The van der Waals surface area contributed by atoms with Gasteiger partial charge in [-0.05, 0) is 152 Å². The molecule has 0 radical (unpaired) electrons. The van der Waals surface area contributed by atoms with Crippen molar-refractivity contribution in [1.29, 1.82) is 0 Å². The maximum atomic E-state index is 11.8. The summed E-state index contributed by atoms with van der Waals surface area (Å²) in [6, 6.07) is 37.4. The van der Waals surface area contributed by atoms with Crippen LogP contribution in [0.1, 0.15) is 55.5 Å². The fraction of sp³-hybridized carbons (Fsp3) is 0.213. The predicted octanol–water partition coefficient (Wildman–Crippen LogP) is 10.8. The van der Waals surface area contributed by atoms with Crippen molar-refractivity contribution in [3.63, 3.8) is 0 Å². The van der Waals surface area contributed by atoms with Gasteiger partial charge in [-0.1, -0.05) is 47.5 Å². The number of nitrogens with zero attached hydrogens (tertiary/aromatic N) is 2. The Kier molecular flexibility index (Phi) is 14.6. The maximum absolute atomic E-state index is 11.8. The third-order valence-electron chi connectivity index (χ3n) is 10.1. The van der Waals surface area contributed by atoms with Gasteiger partial charge in [-0.3, -0.25) is 4.55 Å². The summed E-state index contributed by atoms with van der Waals surface area (Å²) >= 11 is 0.945. The molecule has 59 heavy (non-hydrogen) atoms. The van der Waals surface area contributed by atoms with Crippen LogP contribution in [0.3, 0.4) is 0 Å². The quantitative estimate of drug-likeness (QED) is 0.0275. The SMILES string of the molecule is CCOc1ccc(Nc2ccc(C(=C3C=CC(=[N+](CC)Cc4cccc(S(=O)(=O)O)c4)C=C3C)c3ccc(N(CC)Cc4cccc(SOOO)c4)cc3C)cc2)cc1. The van der Waals surface area contributed by atoms with E-state index in [0.717, 1.165) is 96.5 Å². The number of rotatable bonds is 17. The number of aryl methyl sites for hydroxylation is 1. The van der Waals surface area contributed by atoms with Crippen LogP contribution in [-0.2, 0) is 32.6 Å². The molecule has 0 atom stereocenters. The van der Waals surface area contributed by atoms with Crippen LogP contribution < -0.4 is 15.0 Å². The van der Waals surface area contributed by atoms with Crippen molar-refractivity contribution in [3.8, 4) is 5.75 Å². The van der Waals surface area contributed by atoms with E-state index < -0.39 is 10.1 Å². The van der Waals surface area contributed by atoms with Gasteiger partial charge in [0.1, 0.15) is 12.3 Å². The molecule has 0 saturated heterocycles. The predicted molar refractivity (Wildman–Crippen MR) is 237 cm³/mol. The molecular formula is C47H50N3O7S2+. The lowest BCUT2D eigenvalue weighted by molar-refractivity contribution is -0.539. The Morgan fingerprint density at radius 3 is 2.19 bits per heavy atom. The van der Waals surface area contributed by atoms with E-state index in [1.54, 1.807) is 6.07 Å². The van der Waals surface area contributed by atoms with Crippen LogP contribution in [0.5, 0.6) is 5.75 Å². The minimum absolute atomic E-state index is 0.117. The van der Waals surface area contributed by atoms with Gasteiger partial charge in [-0.25, -0.2) is 9.83 Å². The van der Waals surface area contributed by atoms with Gasteiger partial charge in [0.25, 0.3) is 10.1 Å². The Morgan fingerprint density at radius 2 is 1.54 bits per heavy atom. The van der Waals surface area contributed by atoms with E-state index >= 15 is 0 Å². The third kappa shape index (κ3) is 11.2. The van der Waals surface area contributed by atoms with Crippen molar-refractivity contribution in [2.24, 2.45) is 0 Å². The molecule has 0 saturated carbocycles. The molecule has 12 heteroatoms. The molecule has 0 aliphatic heterocycles. The summed E-state index contributed by atoms with van der Waals surface area (Å²) in [6.07, 6.45) is 6.47. The summed E-state index contributed by atoms with van der Waals surface area (Å²) in [4.78, 5) is 3.01. The lowest BCUT2D eigenvalue weighted by atomic mass is 9.85. The minimum atomic E-state index is -4.31. The van der Waals surface area contributed by atoms with Gasteiger partial charge in [-0.2, -0.15) is 8.42 Å². The zero-order valence-corrected chi connectivity index (χ0v) is 35.5. The molecule has 1 aliphatic carbocycles. The third-order valence-corrected chi connectivity index (χ3v) is 11.5. The van der Waals surface area contributed by atoms with Gasteiger partial charge < -0.3 is 15.0 Å². The highest BCUT2D eigenvalue weighted by Gasteiger charge is 2.21. The summed E-state index contributed by atoms with van der Waals surface area (Å²) in [5.41, 5.74) is 12.5. The number of anilines is 3. The fourth-order valence-electron chi connectivity index (χ4n) is 7.16. The monoisotopic (exact) mass is 832 g/mol. The number of hydrogen-bond acceptors (Lipinski definition) is 9. The molecule has 3 N–H and O–H groups in total. The molecule has 0 bridgehead atoms. The van der Waals surface area contributed by atoms with Gasteiger partial charge in [0.2, 0.25) is 0 Å². The van der Waals surface area contributed by atoms with Crippen molar-refractivity contribution in [3.05, 3.63) is 172 Å². The van der Waals surface area contributed by atoms with Crippen LogP contribution in [0.4, 0.5) is 17.1 Å². The lowest BCUT2D eigenvalue weighted by Gasteiger charge is -2.25. The Hall–Kier alpha value is -5.47. The number of benzene rings is 5. The lowest BCUT2D eigenvalue weighted by Crippen LogP contribution is -2.22. The first-order valence-electron chi connectivity index (χ1n) is 19.5. The van der Waals surface area contributed by atoms with Gasteiger partial charge >= 0.3 is 0 Å². The van der Waals surface area contributed by atoms with E-state index in [1.165, 1.54) is 12.1 Å². The Labute approximate surface area is 351 Å². The second-order valence-electron chi connectivity index (χ2n) is 14.1. The van der Waals surface area contributed by atoms with Crippen LogP contribution in [0.25, 0.3) is 5.57 Å². The summed E-state index contributed by atoms with van der Waals surface area (Å²) in [5.74, 6) is 0.832. The summed E-state index contributed by atoms with van der Waals surface area (Å²) in [5, 5.41) is 15.9. The summed E-state index contributed by atoms with van der Waals surface area (Å²) in [7, 11) is -4.31. The largest absolute Gasteiger partial charge is 0.494 e. The van der Waals surface area contributed by atoms with Crippen LogP contribution in [0.15, 0.2) is 154 Å². The van der Waals surface area contributed by atoms with E-state index in [4.69, 9.17) is 9.99 Å². The number of nitrogens with one attached hydrogen (secondary N) is 1. The van der Waals surface area contributed by atoms with Gasteiger partial charge in [-0.15, -0.1) is 4.33 Å². The van der Waals surface area contributed by atoms with Crippen LogP contribution in [-0.4, -0.2) is 48.2 Å². The second kappa shape index (κ2) is 20.0. The van der Waals surface area contributed by atoms with Gasteiger partial charge in [0.05, 0.1) is 23.5 Å². The average Bonchev–Trinajstić information content (AvgIpc) is 3.23. The minimum Gasteiger partial charge on any atom is -0.494 e. The molecule has 5 aromatic carbocycles. The Bertz CT molecular complexity index is 2490. The molecule has 6 rings (SSSR count). The molecule has 0 spiro atoms. The van der Waals surface area contributed by atoms with Crippen LogP contribution in [0.2, 0.25) is 0 Å². The van der Waals surface area contributed by atoms with Crippen LogP contribution >= 0.6 is 12.0 Å². The standard InChI is InChI=1S/C47H49N3O7S2/c1-6-49(31-35-11-9-13-43(29-35)58-57-56-51)40-21-25-45(33(4)27-40)47(37-15-17-38(18-16-37)48-39-19-23-42(24-20-39)55-8-3)46-26-22-41(28-34(46)5)50(7-2)32-36-12-10-14-44(30-36)59(52,53)54/h9-30H,6-8,31-32H2,1-5H3,(H2,51,52,53,54)/p+1. The zero-order chi connectivity index (χ0) is 41.9. The normalized spacial score (nSPS) is 14.5. The first kappa shape index (κ1) is 43.1. The highest BCUT2D eigenvalue weighted by Crippen LogP contribution is 2.37. The Morgan fingerprint density at radius 1 is 0.831 bits per heavy atom. The zero-order valence-electron chi connectivity index (χ0n) is 33.9. The molecule has 5 aromatic rings. The number of hydrogen-bond donors (Lipinski definition) is 3. The van der Waals surface area contributed by atoms with E-state index in [9.17, 15) is 13.0 Å². The highest BCUT2D eigenvalue weighted by atomic mass is 32.2. The van der Waals surface area contributed by atoms with E-state index in [1.807, 2.05) is 55.5 Å².